The van der Waals surface area contributed by atoms with Crippen LogP contribution in [0.1, 0.15) is 31.8 Å². The average molecular weight is 285 g/mol. The fraction of sp³-hybridized carbons (Fsp3) is 0.125. The van der Waals surface area contributed by atoms with E-state index >= 15 is 0 Å². The second kappa shape index (κ2) is 6.09. The van der Waals surface area contributed by atoms with E-state index in [1.165, 1.54) is 0 Å². The lowest BCUT2D eigenvalue weighted by molar-refractivity contribution is 0.0685. The van der Waals surface area contributed by atoms with Crippen LogP contribution in [-0.2, 0) is 6.54 Å². The van der Waals surface area contributed by atoms with Gasteiger partial charge in [-0.2, -0.15) is 0 Å². The summed E-state index contributed by atoms with van der Waals surface area (Å²) in [4.78, 5) is 21.8. The Bertz CT molecular complexity index is 677. The van der Waals surface area contributed by atoms with Gasteiger partial charge in [0.2, 0.25) is 0 Å². The summed E-state index contributed by atoms with van der Waals surface area (Å²) in [5.74, 6) is -1.92. The van der Waals surface area contributed by atoms with Gasteiger partial charge < -0.3 is 15.5 Å². The number of carboxylic acids is 2. The van der Waals surface area contributed by atoms with Crippen molar-refractivity contribution >= 4 is 17.6 Å². The highest BCUT2D eigenvalue weighted by Gasteiger charge is 2.09. The molecule has 2 aromatic carbocycles. The third-order valence-corrected chi connectivity index (χ3v) is 3.25. The molecule has 0 aliphatic heterocycles. The number of carbonyl (C=O) groups is 2. The molecule has 0 radical (unpaired) electrons. The molecule has 5 heteroatoms. The minimum absolute atomic E-state index is 0.239. The molecular formula is C16H15NO4. The topological polar surface area (TPSA) is 86.6 Å². The molecule has 0 bridgehead atoms. The minimum Gasteiger partial charge on any atom is -0.478 e. The highest BCUT2D eigenvalue weighted by atomic mass is 16.4. The number of anilines is 1. The Morgan fingerprint density at radius 2 is 1.67 bits per heavy atom. The van der Waals surface area contributed by atoms with E-state index < -0.39 is 11.9 Å². The summed E-state index contributed by atoms with van der Waals surface area (Å²) in [5.41, 5.74) is 2.84. The van der Waals surface area contributed by atoms with Crippen LogP contribution in [0.25, 0.3) is 0 Å². The van der Waals surface area contributed by atoms with E-state index in [1.54, 1.807) is 43.3 Å². The molecule has 0 unspecified atom stereocenters. The molecule has 0 saturated heterocycles. The minimum atomic E-state index is -0.959. The zero-order valence-corrected chi connectivity index (χ0v) is 11.5. The van der Waals surface area contributed by atoms with Gasteiger partial charge in [0.05, 0.1) is 11.1 Å². The molecule has 0 aliphatic carbocycles. The highest BCUT2D eigenvalue weighted by Crippen LogP contribution is 2.19. The molecule has 2 aromatic rings. The molecule has 0 atom stereocenters. The first-order valence-electron chi connectivity index (χ1n) is 6.38. The molecular weight excluding hydrogens is 270 g/mol. The molecule has 0 fully saturated rings. The Labute approximate surface area is 121 Å². The maximum absolute atomic E-state index is 11.1. The van der Waals surface area contributed by atoms with Gasteiger partial charge >= 0.3 is 11.9 Å². The highest BCUT2D eigenvalue weighted by molar-refractivity contribution is 5.91. The average Bonchev–Trinajstić information content (AvgIpc) is 2.46. The maximum atomic E-state index is 11.1. The summed E-state index contributed by atoms with van der Waals surface area (Å²) < 4.78 is 0. The fourth-order valence-corrected chi connectivity index (χ4v) is 2.02. The van der Waals surface area contributed by atoms with Crippen molar-refractivity contribution in [2.24, 2.45) is 0 Å². The van der Waals surface area contributed by atoms with Crippen LogP contribution in [0.2, 0.25) is 0 Å². The molecule has 0 spiro atoms. The molecule has 0 aromatic heterocycles. The van der Waals surface area contributed by atoms with Crippen LogP contribution in [-0.4, -0.2) is 22.2 Å². The van der Waals surface area contributed by atoms with Gasteiger partial charge in [-0.1, -0.05) is 18.2 Å². The Balaban J connectivity index is 2.11. The van der Waals surface area contributed by atoms with Crippen molar-refractivity contribution in [3.8, 4) is 0 Å². The van der Waals surface area contributed by atoms with E-state index in [-0.39, 0.29) is 11.1 Å². The molecule has 0 saturated carbocycles. The van der Waals surface area contributed by atoms with Crippen molar-refractivity contribution in [3.05, 3.63) is 64.7 Å². The smallest absolute Gasteiger partial charge is 0.336 e. The van der Waals surface area contributed by atoms with Gasteiger partial charge in [0.15, 0.2) is 0 Å². The molecule has 21 heavy (non-hydrogen) atoms. The van der Waals surface area contributed by atoms with E-state index in [0.29, 0.717) is 12.1 Å². The summed E-state index contributed by atoms with van der Waals surface area (Å²) in [6.07, 6.45) is 0. The monoisotopic (exact) mass is 285 g/mol. The van der Waals surface area contributed by atoms with E-state index in [9.17, 15) is 9.59 Å². The van der Waals surface area contributed by atoms with E-state index in [2.05, 4.69) is 5.32 Å². The normalized spacial score (nSPS) is 10.1. The van der Waals surface area contributed by atoms with Gasteiger partial charge in [-0.15, -0.1) is 0 Å². The van der Waals surface area contributed by atoms with Crippen LogP contribution in [0.5, 0.6) is 0 Å². The Morgan fingerprint density at radius 1 is 1.00 bits per heavy atom. The van der Waals surface area contributed by atoms with Crippen molar-refractivity contribution < 1.29 is 19.8 Å². The van der Waals surface area contributed by atoms with Crippen molar-refractivity contribution in [1.29, 1.82) is 0 Å². The SMILES string of the molecule is Cc1c(NCc2ccc(C(=O)O)cc2)cccc1C(=O)O. The van der Waals surface area contributed by atoms with Crippen LogP contribution in [0.3, 0.4) is 0 Å². The molecule has 0 amide bonds. The summed E-state index contributed by atoms with van der Waals surface area (Å²) >= 11 is 0. The van der Waals surface area contributed by atoms with Crippen LogP contribution in [0, 0.1) is 6.92 Å². The molecule has 0 aliphatic rings. The lowest BCUT2D eigenvalue weighted by atomic mass is 10.1. The van der Waals surface area contributed by atoms with Crippen LogP contribution >= 0.6 is 0 Å². The number of aromatic carboxylic acids is 2. The standard InChI is InChI=1S/C16H15NO4/c1-10-13(16(20)21)3-2-4-14(10)17-9-11-5-7-12(8-6-11)15(18)19/h2-8,17H,9H2,1H3,(H,18,19)(H,20,21). The molecule has 108 valence electrons. The number of hydrogen-bond donors (Lipinski definition) is 3. The molecule has 0 heterocycles. The van der Waals surface area contributed by atoms with E-state index in [4.69, 9.17) is 10.2 Å². The number of nitrogens with one attached hydrogen (secondary N) is 1. The predicted octanol–water partition coefficient (Wildman–Crippen LogP) is 3.00. The second-order valence-corrected chi connectivity index (χ2v) is 4.64. The van der Waals surface area contributed by atoms with Crippen molar-refractivity contribution in [2.45, 2.75) is 13.5 Å². The first kappa shape index (κ1) is 14.6. The van der Waals surface area contributed by atoms with Crippen molar-refractivity contribution in [3.63, 3.8) is 0 Å². The maximum Gasteiger partial charge on any atom is 0.336 e. The Kier molecular flexibility index (Phi) is 4.23. The zero-order chi connectivity index (χ0) is 15.4. The van der Waals surface area contributed by atoms with Gasteiger partial charge in [-0.05, 0) is 42.3 Å². The summed E-state index contributed by atoms with van der Waals surface area (Å²) in [6.45, 7) is 2.24. The Hall–Kier alpha value is -2.82. The molecule has 3 N–H and O–H groups in total. The van der Waals surface area contributed by atoms with E-state index in [0.717, 1.165) is 11.3 Å². The number of rotatable bonds is 5. The van der Waals surface area contributed by atoms with Crippen molar-refractivity contribution in [1.82, 2.24) is 0 Å². The van der Waals surface area contributed by atoms with E-state index in [1.807, 2.05) is 6.07 Å². The van der Waals surface area contributed by atoms with Gasteiger partial charge in [-0.3, -0.25) is 0 Å². The third kappa shape index (κ3) is 3.39. The number of benzene rings is 2. The zero-order valence-electron chi connectivity index (χ0n) is 11.5. The molecule has 5 nitrogen and oxygen atoms in total. The third-order valence-electron chi connectivity index (χ3n) is 3.25. The lowest BCUT2D eigenvalue weighted by Gasteiger charge is -2.11. The second-order valence-electron chi connectivity index (χ2n) is 4.64. The van der Waals surface area contributed by atoms with Gasteiger partial charge in [-0.25, -0.2) is 9.59 Å². The van der Waals surface area contributed by atoms with Gasteiger partial charge in [0, 0.05) is 12.2 Å². The van der Waals surface area contributed by atoms with Crippen LogP contribution in [0.4, 0.5) is 5.69 Å². The first-order chi connectivity index (χ1) is 9.99. The van der Waals surface area contributed by atoms with Crippen LogP contribution < -0.4 is 5.32 Å². The Morgan fingerprint density at radius 3 is 2.24 bits per heavy atom. The summed E-state index contributed by atoms with van der Waals surface area (Å²) in [6, 6.07) is 11.6. The fourth-order valence-electron chi connectivity index (χ4n) is 2.02. The lowest BCUT2D eigenvalue weighted by Crippen LogP contribution is -2.06. The predicted molar refractivity (Wildman–Crippen MR) is 78.9 cm³/mol. The summed E-state index contributed by atoms with van der Waals surface area (Å²) in [5, 5.41) is 21.1. The van der Waals surface area contributed by atoms with Crippen molar-refractivity contribution in [2.75, 3.05) is 5.32 Å². The quantitative estimate of drug-likeness (QED) is 0.786. The van der Waals surface area contributed by atoms with Gasteiger partial charge in [0.1, 0.15) is 0 Å². The number of carboxylic acid groups (broad SMARTS) is 2. The molecule has 2 rings (SSSR count). The van der Waals surface area contributed by atoms with Crippen LogP contribution in [0.15, 0.2) is 42.5 Å². The first-order valence-corrected chi connectivity index (χ1v) is 6.38. The number of hydrogen-bond acceptors (Lipinski definition) is 3. The summed E-state index contributed by atoms with van der Waals surface area (Å²) in [7, 11) is 0. The largest absolute Gasteiger partial charge is 0.478 e. The van der Waals surface area contributed by atoms with Gasteiger partial charge in [0.25, 0.3) is 0 Å².